The molecule has 94 valence electrons. The average Bonchev–Trinajstić information content (AvgIpc) is 2.34. The Morgan fingerprint density at radius 2 is 2.06 bits per heavy atom. The summed E-state index contributed by atoms with van der Waals surface area (Å²) in [6.45, 7) is 6.45. The maximum Gasteiger partial charge on any atom is 0.137 e. The molecule has 0 aliphatic carbocycles. The van der Waals surface area contributed by atoms with Gasteiger partial charge in [-0.3, -0.25) is 0 Å². The lowest BCUT2D eigenvalue weighted by atomic mass is 9.92. The van der Waals surface area contributed by atoms with Gasteiger partial charge in [-0.1, -0.05) is 31.4 Å². The lowest BCUT2D eigenvalue weighted by molar-refractivity contribution is 0.377. The minimum absolute atomic E-state index is 0.575. The first-order chi connectivity index (χ1) is 8.22. The normalized spacial score (nSPS) is 17.5. The third-order valence-electron chi connectivity index (χ3n) is 3.61. The maximum absolute atomic E-state index is 6.03. The molecule has 2 rings (SSSR count). The fourth-order valence-corrected chi connectivity index (χ4v) is 2.71. The monoisotopic (exact) mass is 253 g/mol. The van der Waals surface area contributed by atoms with Crippen LogP contribution in [-0.4, -0.2) is 23.1 Å². The molecular formula is C13H20ClN3. The topological polar surface area (TPSA) is 29.0 Å². The summed E-state index contributed by atoms with van der Waals surface area (Å²) in [6.07, 6.45) is 6.76. The number of aromatic nitrogens is 2. The van der Waals surface area contributed by atoms with Gasteiger partial charge in [0.15, 0.2) is 0 Å². The largest absolute Gasteiger partial charge is 0.356 e. The highest BCUT2D eigenvalue weighted by atomic mass is 35.5. The Labute approximate surface area is 108 Å². The summed E-state index contributed by atoms with van der Waals surface area (Å²) in [5.74, 6) is 1.91. The van der Waals surface area contributed by atoms with Crippen LogP contribution in [0.4, 0.5) is 5.82 Å². The van der Waals surface area contributed by atoms with Gasteiger partial charge in [0.2, 0.25) is 0 Å². The lowest BCUT2D eigenvalue weighted by Crippen LogP contribution is -2.34. The number of piperidine rings is 1. The summed E-state index contributed by atoms with van der Waals surface area (Å²) in [7, 11) is 0. The Balaban J connectivity index is 2.03. The van der Waals surface area contributed by atoms with Gasteiger partial charge in [0.25, 0.3) is 0 Å². The lowest BCUT2D eigenvalue weighted by Gasteiger charge is -2.33. The van der Waals surface area contributed by atoms with Gasteiger partial charge in [0.05, 0.1) is 0 Å². The van der Waals surface area contributed by atoms with Crippen molar-refractivity contribution in [3.63, 3.8) is 0 Å². The van der Waals surface area contributed by atoms with Crippen molar-refractivity contribution in [1.29, 1.82) is 0 Å². The molecule has 3 nitrogen and oxygen atoms in total. The summed E-state index contributed by atoms with van der Waals surface area (Å²) in [5.41, 5.74) is 1.00. The predicted molar refractivity (Wildman–Crippen MR) is 71.6 cm³/mol. The molecule has 0 atom stereocenters. The second-order valence-corrected chi connectivity index (χ2v) is 5.19. The fraction of sp³-hybridized carbons (Fsp3) is 0.692. The minimum Gasteiger partial charge on any atom is -0.356 e. The Morgan fingerprint density at radius 3 is 2.71 bits per heavy atom. The Bertz CT molecular complexity index is 373. The van der Waals surface area contributed by atoms with Crippen molar-refractivity contribution in [3.05, 3.63) is 17.0 Å². The molecule has 1 aliphatic rings. The molecule has 0 N–H and O–H groups in total. The van der Waals surface area contributed by atoms with E-state index in [2.05, 4.69) is 21.8 Å². The predicted octanol–water partition coefficient (Wildman–Crippen LogP) is 3.45. The van der Waals surface area contributed by atoms with Crippen LogP contribution >= 0.6 is 11.6 Å². The number of nitrogens with zero attached hydrogens (tertiary/aromatic N) is 3. The van der Waals surface area contributed by atoms with Crippen molar-refractivity contribution in [3.8, 4) is 0 Å². The Hall–Kier alpha value is -0.830. The molecular weight excluding hydrogens is 234 g/mol. The maximum atomic E-state index is 6.03. The highest BCUT2D eigenvalue weighted by molar-refractivity contribution is 6.30. The smallest absolute Gasteiger partial charge is 0.137 e. The van der Waals surface area contributed by atoms with Gasteiger partial charge >= 0.3 is 0 Å². The first-order valence-corrected chi connectivity index (χ1v) is 6.82. The molecule has 1 saturated heterocycles. The molecule has 1 aromatic heterocycles. The highest BCUT2D eigenvalue weighted by Crippen LogP contribution is 2.28. The quantitative estimate of drug-likeness (QED) is 0.773. The van der Waals surface area contributed by atoms with E-state index < -0.39 is 0 Å². The van der Waals surface area contributed by atoms with Crippen LogP contribution in [0.1, 0.15) is 38.2 Å². The van der Waals surface area contributed by atoms with Gasteiger partial charge in [-0.05, 0) is 25.7 Å². The summed E-state index contributed by atoms with van der Waals surface area (Å²) in [5, 5.41) is 0.575. The van der Waals surface area contributed by atoms with Gasteiger partial charge in [0, 0.05) is 18.7 Å². The second kappa shape index (κ2) is 5.67. The number of halogens is 1. The van der Waals surface area contributed by atoms with E-state index in [9.17, 15) is 0 Å². The number of rotatable bonds is 3. The van der Waals surface area contributed by atoms with Gasteiger partial charge in [-0.15, -0.1) is 0 Å². The van der Waals surface area contributed by atoms with Crippen molar-refractivity contribution >= 4 is 17.4 Å². The molecule has 0 spiro atoms. The minimum atomic E-state index is 0.575. The van der Waals surface area contributed by atoms with Crippen LogP contribution < -0.4 is 4.90 Å². The zero-order valence-corrected chi connectivity index (χ0v) is 11.4. The fourth-order valence-electron chi connectivity index (χ4n) is 2.58. The third-order valence-corrected chi connectivity index (χ3v) is 3.99. The first-order valence-electron chi connectivity index (χ1n) is 6.44. The van der Waals surface area contributed by atoms with E-state index in [0.717, 1.165) is 30.4 Å². The molecule has 4 heteroatoms. The van der Waals surface area contributed by atoms with Crippen LogP contribution in [0.25, 0.3) is 0 Å². The number of hydrogen-bond acceptors (Lipinski definition) is 3. The van der Waals surface area contributed by atoms with Crippen molar-refractivity contribution in [2.24, 2.45) is 5.92 Å². The average molecular weight is 254 g/mol. The zero-order valence-electron chi connectivity index (χ0n) is 10.6. The summed E-state index contributed by atoms with van der Waals surface area (Å²) < 4.78 is 0. The van der Waals surface area contributed by atoms with Crippen LogP contribution in [0, 0.1) is 12.8 Å². The molecule has 0 bridgehead atoms. The number of hydrogen-bond donors (Lipinski definition) is 0. The molecule has 1 fully saturated rings. The molecule has 17 heavy (non-hydrogen) atoms. The zero-order chi connectivity index (χ0) is 12.3. The molecule has 2 heterocycles. The Kier molecular flexibility index (Phi) is 4.21. The van der Waals surface area contributed by atoms with Crippen LogP contribution in [0.15, 0.2) is 6.33 Å². The van der Waals surface area contributed by atoms with Crippen molar-refractivity contribution in [2.75, 3.05) is 18.0 Å². The van der Waals surface area contributed by atoms with Crippen molar-refractivity contribution in [2.45, 2.75) is 39.5 Å². The van der Waals surface area contributed by atoms with E-state index in [0.29, 0.717) is 5.15 Å². The highest BCUT2D eigenvalue weighted by Gasteiger charge is 2.21. The van der Waals surface area contributed by atoms with Gasteiger partial charge in [-0.2, -0.15) is 0 Å². The van der Waals surface area contributed by atoms with E-state index in [-0.39, 0.29) is 0 Å². The van der Waals surface area contributed by atoms with Gasteiger partial charge < -0.3 is 4.90 Å². The van der Waals surface area contributed by atoms with E-state index in [1.807, 2.05) is 6.92 Å². The first kappa shape index (κ1) is 12.6. The van der Waals surface area contributed by atoms with Crippen molar-refractivity contribution < 1.29 is 0 Å². The summed E-state index contributed by atoms with van der Waals surface area (Å²) in [6, 6.07) is 0. The molecule has 1 aliphatic heterocycles. The molecule has 0 saturated carbocycles. The van der Waals surface area contributed by atoms with Crippen molar-refractivity contribution in [1.82, 2.24) is 9.97 Å². The number of anilines is 1. The molecule has 0 radical (unpaired) electrons. The Morgan fingerprint density at radius 1 is 1.35 bits per heavy atom. The molecule has 0 unspecified atom stereocenters. The van der Waals surface area contributed by atoms with Gasteiger partial charge in [-0.25, -0.2) is 9.97 Å². The van der Waals surface area contributed by atoms with Crippen LogP contribution in [0.2, 0.25) is 5.15 Å². The SMILES string of the molecule is CCCC1CCN(c2ncnc(Cl)c2C)CC1. The van der Waals surface area contributed by atoms with Crippen LogP contribution in [-0.2, 0) is 0 Å². The van der Waals surface area contributed by atoms with E-state index in [1.165, 1.54) is 25.7 Å². The molecule has 0 amide bonds. The van der Waals surface area contributed by atoms with E-state index in [1.54, 1.807) is 6.33 Å². The van der Waals surface area contributed by atoms with E-state index in [4.69, 9.17) is 11.6 Å². The third kappa shape index (κ3) is 2.89. The summed E-state index contributed by atoms with van der Waals surface area (Å²) in [4.78, 5) is 10.7. The van der Waals surface area contributed by atoms with Crippen LogP contribution in [0.5, 0.6) is 0 Å². The molecule has 1 aromatic rings. The standard InChI is InChI=1S/C13H20ClN3/c1-3-4-11-5-7-17(8-6-11)13-10(2)12(14)15-9-16-13/h9,11H,3-8H2,1-2H3. The van der Waals surface area contributed by atoms with Gasteiger partial charge in [0.1, 0.15) is 17.3 Å². The summed E-state index contributed by atoms with van der Waals surface area (Å²) >= 11 is 6.03. The molecule has 0 aromatic carbocycles. The second-order valence-electron chi connectivity index (χ2n) is 4.83. The van der Waals surface area contributed by atoms with E-state index >= 15 is 0 Å². The van der Waals surface area contributed by atoms with Crippen LogP contribution in [0.3, 0.4) is 0 Å².